The van der Waals surface area contributed by atoms with Crippen molar-refractivity contribution in [3.8, 4) is 0 Å². The number of benzene rings is 1. The molecular weight excluding hydrogens is 238 g/mol. The molecule has 3 heteroatoms. The summed E-state index contributed by atoms with van der Waals surface area (Å²) in [4.78, 5) is 2.14. The Bertz CT molecular complexity index is 238. The van der Waals surface area contributed by atoms with Crippen LogP contribution in [0.25, 0.3) is 0 Å². The number of halogens is 1. The second-order valence-corrected chi connectivity index (χ2v) is 3.13. The van der Waals surface area contributed by atoms with Crippen molar-refractivity contribution in [2.45, 2.75) is 13.5 Å². The summed E-state index contributed by atoms with van der Waals surface area (Å²) in [5.74, 6) is 0. The summed E-state index contributed by atoms with van der Waals surface area (Å²) in [5, 5.41) is 0. The molecule has 13 heavy (non-hydrogen) atoms. The Morgan fingerprint density at radius 1 is 1.38 bits per heavy atom. The Hall–Kier alpha value is 0.426. The van der Waals surface area contributed by atoms with Crippen LogP contribution in [0.3, 0.4) is 0 Å². The average molecular weight is 252 g/mol. The third-order valence-corrected chi connectivity index (χ3v) is 1.50. The molecule has 0 saturated heterocycles. The standard InChI is InChI=1S/C10H14N.BrH.Mg/c1-9-5-4-6-10(7-9)8-11(2)3;;/h4-5,7H,8H2,1-3H3;1H;/q-1;;+2/p-1. The second kappa shape index (κ2) is 7.80. The summed E-state index contributed by atoms with van der Waals surface area (Å²) in [6, 6.07) is 9.41. The van der Waals surface area contributed by atoms with Crippen molar-refractivity contribution >= 4 is 23.1 Å². The minimum atomic E-state index is 0. The third kappa shape index (κ3) is 6.49. The topological polar surface area (TPSA) is 3.24 Å². The minimum absolute atomic E-state index is 0. The molecule has 1 nitrogen and oxygen atoms in total. The Morgan fingerprint density at radius 3 is 2.46 bits per heavy atom. The molecule has 0 atom stereocenters. The van der Waals surface area contributed by atoms with Crippen LogP contribution < -0.4 is 17.0 Å². The van der Waals surface area contributed by atoms with Gasteiger partial charge in [0, 0.05) is 6.54 Å². The fourth-order valence-electron chi connectivity index (χ4n) is 1.08. The Labute approximate surface area is 107 Å². The molecule has 0 saturated carbocycles. The van der Waals surface area contributed by atoms with Crippen molar-refractivity contribution in [1.82, 2.24) is 4.90 Å². The maximum Gasteiger partial charge on any atom is 2.00 e. The molecule has 0 amide bonds. The molecular formula is C10H14BrMgN. The van der Waals surface area contributed by atoms with E-state index in [1.807, 2.05) is 6.07 Å². The van der Waals surface area contributed by atoms with Crippen molar-refractivity contribution in [3.05, 3.63) is 35.4 Å². The van der Waals surface area contributed by atoms with Crippen molar-refractivity contribution in [1.29, 1.82) is 0 Å². The van der Waals surface area contributed by atoms with Crippen LogP contribution in [0.4, 0.5) is 0 Å². The molecule has 0 bridgehead atoms. The van der Waals surface area contributed by atoms with Crippen molar-refractivity contribution < 1.29 is 17.0 Å². The fraction of sp³-hybridized carbons (Fsp3) is 0.400. The number of hydrogen-bond donors (Lipinski definition) is 0. The van der Waals surface area contributed by atoms with Crippen LogP contribution in [0.15, 0.2) is 18.2 Å². The number of hydrogen-bond acceptors (Lipinski definition) is 1. The predicted molar refractivity (Wildman–Crippen MR) is 53.2 cm³/mol. The predicted octanol–water partition coefficient (Wildman–Crippen LogP) is -1.52. The van der Waals surface area contributed by atoms with Gasteiger partial charge in [-0.1, -0.05) is 6.92 Å². The van der Waals surface area contributed by atoms with Crippen molar-refractivity contribution in [2.24, 2.45) is 0 Å². The van der Waals surface area contributed by atoms with E-state index in [9.17, 15) is 0 Å². The first-order valence-electron chi connectivity index (χ1n) is 3.80. The molecule has 1 rings (SSSR count). The van der Waals surface area contributed by atoms with Crippen molar-refractivity contribution in [2.75, 3.05) is 14.1 Å². The van der Waals surface area contributed by atoms with Gasteiger partial charge in [-0.3, -0.25) is 0 Å². The normalized spacial score (nSPS) is 8.92. The van der Waals surface area contributed by atoms with E-state index >= 15 is 0 Å². The smallest absolute Gasteiger partial charge is 1.00 e. The van der Waals surface area contributed by atoms with Gasteiger partial charge in [0.05, 0.1) is 0 Å². The first kappa shape index (κ1) is 15.9. The van der Waals surface area contributed by atoms with Crippen LogP contribution in [-0.2, 0) is 6.54 Å². The molecule has 0 heterocycles. The molecule has 0 N–H and O–H groups in total. The zero-order valence-corrected chi connectivity index (χ0v) is 11.5. The maximum absolute atomic E-state index is 3.20. The molecule has 68 valence electrons. The summed E-state index contributed by atoms with van der Waals surface area (Å²) in [7, 11) is 4.13. The summed E-state index contributed by atoms with van der Waals surface area (Å²) >= 11 is 0. The summed E-state index contributed by atoms with van der Waals surface area (Å²) in [6.45, 7) is 3.08. The van der Waals surface area contributed by atoms with Crippen LogP contribution in [0, 0.1) is 13.0 Å². The number of aryl methyl sites for hydroxylation is 1. The molecule has 0 aliphatic heterocycles. The van der Waals surface area contributed by atoms with E-state index < -0.39 is 0 Å². The van der Waals surface area contributed by atoms with E-state index in [1.54, 1.807) is 0 Å². The zero-order chi connectivity index (χ0) is 8.27. The summed E-state index contributed by atoms with van der Waals surface area (Å²) in [5.41, 5.74) is 2.57. The van der Waals surface area contributed by atoms with Gasteiger partial charge in [0.25, 0.3) is 0 Å². The van der Waals surface area contributed by atoms with Crippen LogP contribution in [0.5, 0.6) is 0 Å². The molecule has 0 unspecified atom stereocenters. The van der Waals surface area contributed by atoms with Gasteiger partial charge in [-0.2, -0.15) is 29.8 Å². The SMILES string of the molecule is Cc1cc[c-]c(CN(C)C)c1.[Br-].[Mg+2]. The van der Waals surface area contributed by atoms with E-state index in [0.29, 0.717) is 0 Å². The molecule has 1 aromatic rings. The minimum Gasteiger partial charge on any atom is -1.00 e. The van der Waals surface area contributed by atoms with Gasteiger partial charge in [-0.25, -0.2) is 0 Å². The third-order valence-electron chi connectivity index (χ3n) is 1.50. The quantitative estimate of drug-likeness (QED) is 0.456. The largest absolute Gasteiger partial charge is 2.00 e. The molecule has 0 aliphatic carbocycles. The van der Waals surface area contributed by atoms with E-state index in [1.165, 1.54) is 11.1 Å². The van der Waals surface area contributed by atoms with Crippen LogP contribution in [0.1, 0.15) is 11.1 Å². The molecule has 0 radical (unpaired) electrons. The molecule has 0 spiro atoms. The monoisotopic (exact) mass is 251 g/mol. The van der Waals surface area contributed by atoms with E-state index in [-0.39, 0.29) is 40.0 Å². The summed E-state index contributed by atoms with van der Waals surface area (Å²) in [6.07, 6.45) is 0. The van der Waals surface area contributed by atoms with Gasteiger partial charge in [0.2, 0.25) is 0 Å². The first-order chi connectivity index (χ1) is 5.18. The molecule has 0 aliphatic rings. The Balaban J connectivity index is 0. The number of rotatable bonds is 2. The van der Waals surface area contributed by atoms with Gasteiger partial charge in [-0.05, 0) is 14.1 Å². The maximum atomic E-state index is 3.20. The van der Waals surface area contributed by atoms with Gasteiger partial charge < -0.3 is 21.9 Å². The number of nitrogens with zero attached hydrogens (tertiary/aromatic N) is 1. The molecule has 1 aromatic carbocycles. The average Bonchev–Trinajstić information content (AvgIpc) is 1.85. The molecule has 0 fully saturated rings. The zero-order valence-electron chi connectivity index (χ0n) is 8.47. The summed E-state index contributed by atoms with van der Waals surface area (Å²) < 4.78 is 0. The Morgan fingerprint density at radius 2 is 2.00 bits per heavy atom. The Kier molecular flexibility index (Phi) is 9.52. The fourth-order valence-corrected chi connectivity index (χ4v) is 1.08. The van der Waals surface area contributed by atoms with Gasteiger partial charge in [0.15, 0.2) is 0 Å². The van der Waals surface area contributed by atoms with Gasteiger partial charge in [0.1, 0.15) is 0 Å². The van der Waals surface area contributed by atoms with E-state index in [2.05, 4.69) is 44.1 Å². The van der Waals surface area contributed by atoms with Crippen LogP contribution in [-0.4, -0.2) is 42.0 Å². The van der Waals surface area contributed by atoms with Crippen molar-refractivity contribution in [3.63, 3.8) is 0 Å². The van der Waals surface area contributed by atoms with Gasteiger partial charge in [-0.15, -0.1) is 5.56 Å². The first-order valence-corrected chi connectivity index (χ1v) is 3.80. The van der Waals surface area contributed by atoms with Crippen LogP contribution >= 0.6 is 0 Å². The van der Waals surface area contributed by atoms with E-state index in [0.717, 1.165) is 6.54 Å². The van der Waals surface area contributed by atoms with E-state index in [4.69, 9.17) is 0 Å². The van der Waals surface area contributed by atoms with Crippen LogP contribution in [0.2, 0.25) is 0 Å². The van der Waals surface area contributed by atoms with Gasteiger partial charge >= 0.3 is 23.1 Å². The second-order valence-electron chi connectivity index (χ2n) is 3.13. The molecule has 0 aromatic heterocycles.